The maximum Gasteiger partial charge on any atom is 0.233 e. The van der Waals surface area contributed by atoms with Gasteiger partial charge in [0, 0.05) is 23.2 Å². The fourth-order valence-electron chi connectivity index (χ4n) is 4.23. The van der Waals surface area contributed by atoms with Gasteiger partial charge in [0.15, 0.2) is 5.78 Å². The Labute approximate surface area is 204 Å². The average Bonchev–Trinajstić information content (AvgIpc) is 3.20. The van der Waals surface area contributed by atoms with Crippen molar-refractivity contribution in [3.63, 3.8) is 0 Å². The van der Waals surface area contributed by atoms with Crippen molar-refractivity contribution in [3.8, 4) is 11.1 Å². The number of aromatic nitrogens is 1. The Hall–Kier alpha value is -2.86. The number of ketones is 1. The summed E-state index contributed by atoms with van der Waals surface area (Å²) in [5.74, 6) is 0.548. The molecule has 0 bridgehead atoms. The molecule has 0 aliphatic carbocycles. The minimum atomic E-state index is -3.63. The van der Waals surface area contributed by atoms with Crippen LogP contribution in [0.5, 0.6) is 0 Å². The van der Waals surface area contributed by atoms with Crippen LogP contribution in [0.25, 0.3) is 11.1 Å². The van der Waals surface area contributed by atoms with Gasteiger partial charge < -0.3 is 4.98 Å². The molecule has 6 heteroatoms. The number of benzene rings is 2. The van der Waals surface area contributed by atoms with Gasteiger partial charge in [-0.2, -0.15) is 0 Å². The molecular formula is C28H36N2O3S. The molecule has 0 saturated carbocycles. The molecule has 1 aromatic heterocycles. The number of rotatable bonds is 13. The summed E-state index contributed by atoms with van der Waals surface area (Å²) in [5, 5.41) is 0. The molecule has 182 valence electrons. The van der Waals surface area contributed by atoms with Crippen molar-refractivity contribution in [1.29, 1.82) is 0 Å². The number of aryl methyl sites for hydroxylation is 1. The summed E-state index contributed by atoms with van der Waals surface area (Å²) in [6.45, 7) is 4.41. The van der Waals surface area contributed by atoms with Crippen molar-refractivity contribution in [2.75, 3.05) is 10.6 Å². The minimum Gasteiger partial charge on any atom is -0.343 e. The molecule has 3 rings (SSSR count). The van der Waals surface area contributed by atoms with Crippen LogP contribution in [0.1, 0.15) is 74.0 Å². The lowest BCUT2D eigenvalue weighted by molar-refractivity contribution is 0.0979. The molecule has 0 radical (unpaired) electrons. The van der Waals surface area contributed by atoms with Crippen molar-refractivity contribution in [2.45, 2.75) is 65.3 Å². The Morgan fingerprint density at radius 1 is 0.882 bits per heavy atom. The predicted octanol–water partition coefficient (Wildman–Crippen LogP) is 6.75. The van der Waals surface area contributed by atoms with Gasteiger partial charge >= 0.3 is 0 Å². The molecule has 0 fully saturated rings. The lowest BCUT2D eigenvalue weighted by Gasteiger charge is -2.23. The fourth-order valence-corrected chi connectivity index (χ4v) is 5.08. The van der Waals surface area contributed by atoms with Gasteiger partial charge in [-0.3, -0.25) is 9.10 Å². The number of H-pyrrole nitrogens is 1. The van der Waals surface area contributed by atoms with E-state index in [1.807, 2.05) is 60.7 Å². The van der Waals surface area contributed by atoms with Crippen LogP contribution < -0.4 is 4.31 Å². The van der Waals surface area contributed by atoms with E-state index in [0.717, 1.165) is 48.9 Å². The second-order valence-electron chi connectivity index (χ2n) is 8.81. The van der Waals surface area contributed by atoms with Crippen LogP contribution >= 0.6 is 0 Å². The van der Waals surface area contributed by atoms with Crippen LogP contribution in [0, 0.1) is 0 Å². The first-order valence-electron chi connectivity index (χ1n) is 12.2. The molecule has 1 heterocycles. The van der Waals surface area contributed by atoms with Gasteiger partial charge in [-0.05, 0) is 30.4 Å². The summed E-state index contributed by atoms with van der Waals surface area (Å²) in [4.78, 5) is 16.9. The maximum absolute atomic E-state index is 13.5. The first-order valence-corrected chi connectivity index (χ1v) is 14.1. The number of hydrogen-bond acceptors (Lipinski definition) is 3. The van der Waals surface area contributed by atoms with Crippen LogP contribution in [0.4, 0.5) is 5.82 Å². The topological polar surface area (TPSA) is 70.2 Å². The lowest BCUT2D eigenvalue weighted by Crippen LogP contribution is -2.30. The molecule has 0 saturated heterocycles. The number of carbonyl (C=O) groups excluding carboxylic acids is 1. The third kappa shape index (κ3) is 6.38. The molecule has 3 aromatic rings. The highest BCUT2D eigenvalue weighted by molar-refractivity contribution is 7.92. The Bertz CT molecular complexity index is 1170. The van der Waals surface area contributed by atoms with E-state index in [-0.39, 0.29) is 12.3 Å². The Kier molecular flexibility index (Phi) is 9.11. The average molecular weight is 481 g/mol. The summed E-state index contributed by atoms with van der Waals surface area (Å²) in [6.07, 6.45) is 7.19. The molecule has 5 nitrogen and oxygen atoms in total. The van der Waals surface area contributed by atoms with E-state index >= 15 is 0 Å². The highest BCUT2D eigenvalue weighted by atomic mass is 32.2. The van der Waals surface area contributed by atoms with Crippen LogP contribution in [-0.2, 0) is 23.0 Å². The SMILES string of the molecule is CCCCCc1[nH]c(N(Cc2ccccc2)S(C)(=O)=O)c(-c2ccccc2)c1C(=O)CCCC. The number of aromatic amines is 1. The zero-order valence-electron chi connectivity index (χ0n) is 20.5. The molecule has 0 atom stereocenters. The normalized spacial score (nSPS) is 11.5. The number of unbranched alkanes of at least 4 members (excludes halogenated alkanes) is 3. The second kappa shape index (κ2) is 12.0. The third-order valence-electron chi connectivity index (χ3n) is 6.01. The van der Waals surface area contributed by atoms with Crippen molar-refractivity contribution in [2.24, 2.45) is 0 Å². The quantitative estimate of drug-likeness (QED) is 0.217. The number of nitrogens with zero attached hydrogens (tertiary/aromatic N) is 1. The van der Waals surface area contributed by atoms with Gasteiger partial charge in [0.2, 0.25) is 10.0 Å². The Morgan fingerprint density at radius 3 is 2.09 bits per heavy atom. The Morgan fingerprint density at radius 2 is 1.50 bits per heavy atom. The highest BCUT2D eigenvalue weighted by Gasteiger charge is 2.30. The molecule has 1 N–H and O–H groups in total. The smallest absolute Gasteiger partial charge is 0.233 e. The van der Waals surface area contributed by atoms with Gasteiger partial charge in [0.1, 0.15) is 5.82 Å². The minimum absolute atomic E-state index is 0.0721. The molecule has 34 heavy (non-hydrogen) atoms. The molecule has 0 unspecified atom stereocenters. The van der Waals surface area contributed by atoms with E-state index in [9.17, 15) is 13.2 Å². The van der Waals surface area contributed by atoms with Crippen LogP contribution in [0.2, 0.25) is 0 Å². The molecule has 0 spiro atoms. The van der Waals surface area contributed by atoms with Gasteiger partial charge in [-0.25, -0.2) is 8.42 Å². The van der Waals surface area contributed by atoms with E-state index in [2.05, 4.69) is 18.8 Å². The molecule has 0 aliphatic rings. The largest absolute Gasteiger partial charge is 0.343 e. The molecule has 0 amide bonds. The number of hydrogen-bond donors (Lipinski definition) is 1. The highest BCUT2D eigenvalue weighted by Crippen LogP contribution is 2.39. The zero-order chi connectivity index (χ0) is 24.6. The molecule has 2 aromatic carbocycles. The summed E-state index contributed by atoms with van der Waals surface area (Å²) in [7, 11) is -3.63. The van der Waals surface area contributed by atoms with Crippen LogP contribution in [-0.4, -0.2) is 25.4 Å². The van der Waals surface area contributed by atoms with Crippen molar-refractivity contribution in [3.05, 3.63) is 77.5 Å². The van der Waals surface area contributed by atoms with Gasteiger partial charge in [-0.1, -0.05) is 93.8 Å². The van der Waals surface area contributed by atoms with E-state index < -0.39 is 10.0 Å². The van der Waals surface area contributed by atoms with Crippen LogP contribution in [0.3, 0.4) is 0 Å². The van der Waals surface area contributed by atoms with Crippen LogP contribution in [0.15, 0.2) is 60.7 Å². The number of sulfonamides is 1. The van der Waals surface area contributed by atoms with E-state index in [0.29, 0.717) is 29.8 Å². The Balaban J connectivity index is 2.23. The lowest BCUT2D eigenvalue weighted by atomic mass is 9.94. The second-order valence-corrected chi connectivity index (χ2v) is 10.7. The third-order valence-corrected chi connectivity index (χ3v) is 7.12. The standard InChI is InChI=1S/C28H36N2O3S/c1-4-6-10-19-24-27(25(31)20-7-5-2)26(23-17-13-9-14-18-23)28(29-24)30(34(3,32)33)21-22-15-11-8-12-16-22/h8-9,11-18,29H,4-7,10,19-21H2,1-3H3. The number of carbonyl (C=O) groups is 1. The first-order chi connectivity index (χ1) is 16.4. The van der Waals surface area contributed by atoms with Gasteiger partial charge in [0.25, 0.3) is 0 Å². The predicted molar refractivity (Wildman–Crippen MR) is 141 cm³/mol. The van der Waals surface area contributed by atoms with E-state index in [1.165, 1.54) is 10.6 Å². The van der Waals surface area contributed by atoms with Crippen molar-refractivity contribution >= 4 is 21.6 Å². The van der Waals surface area contributed by atoms with Crippen molar-refractivity contribution < 1.29 is 13.2 Å². The molecular weight excluding hydrogens is 444 g/mol. The summed E-state index contributed by atoms with van der Waals surface area (Å²) in [5.41, 5.74) is 3.90. The maximum atomic E-state index is 13.5. The van der Waals surface area contributed by atoms with Gasteiger partial charge in [-0.15, -0.1) is 0 Å². The number of anilines is 1. The zero-order valence-corrected chi connectivity index (χ0v) is 21.3. The van der Waals surface area contributed by atoms with Crippen molar-refractivity contribution in [1.82, 2.24) is 4.98 Å². The van der Waals surface area contributed by atoms with E-state index in [4.69, 9.17) is 0 Å². The number of Topliss-reactive ketones (excluding diaryl/α,β-unsaturated/α-hetero) is 1. The number of nitrogens with one attached hydrogen (secondary N) is 1. The molecule has 0 aliphatic heterocycles. The summed E-state index contributed by atoms with van der Waals surface area (Å²) < 4.78 is 27.5. The summed E-state index contributed by atoms with van der Waals surface area (Å²) in [6, 6.07) is 19.2. The van der Waals surface area contributed by atoms with Gasteiger partial charge in [0.05, 0.1) is 12.8 Å². The monoisotopic (exact) mass is 480 g/mol. The first kappa shape index (κ1) is 25.8. The fraction of sp³-hybridized carbons (Fsp3) is 0.393. The van der Waals surface area contributed by atoms with E-state index in [1.54, 1.807) is 0 Å². The summed E-state index contributed by atoms with van der Waals surface area (Å²) >= 11 is 0.